The van der Waals surface area contributed by atoms with E-state index in [1.54, 1.807) is 0 Å². The number of hydrogen-bond acceptors (Lipinski definition) is 1. The lowest BCUT2D eigenvalue weighted by Crippen LogP contribution is -2.26. The average molecular weight is 308 g/mol. The molecule has 1 N–H and O–H groups in total. The van der Waals surface area contributed by atoms with E-state index in [0.29, 0.717) is 5.92 Å². The third-order valence-corrected chi connectivity index (χ3v) is 5.36. The third-order valence-electron chi connectivity index (χ3n) is 4.93. The van der Waals surface area contributed by atoms with Crippen molar-refractivity contribution < 1.29 is 4.79 Å². The van der Waals surface area contributed by atoms with Gasteiger partial charge < -0.3 is 5.32 Å². The van der Waals surface area contributed by atoms with Crippen molar-refractivity contribution in [2.24, 2.45) is 11.3 Å². The van der Waals surface area contributed by atoms with Crippen LogP contribution in [-0.4, -0.2) is 5.91 Å². The number of carbonyl (C=O) groups excluding carboxylic acids is 1. The minimum absolute atomic E-state index is 0.0176. The van der Waals surface area contributed by atoms with Crippen LogP contribution in [0.1, 0.15) is 64.5 Å². The zero-order valence-electron chi connectivity index (χ0n) is 13.9. The van der Waals surface area contributed by atoms with Crippen LogP contribution in [0.4, 0.5) is 5.69 Å². The van der Waals surface area contributed by atoms with E-state index in [-0.39, 0.29) is 16.7 Å². The molecule has 1 heterocycles. The first-order valence-electron chi connectivity index (χ1n) is 7.63. The monoisotopic (exact) mass is 307 g/mol. The van der Waals surface area contributed by atoms with Crippen molar-refractivity contribution in [1.29, 1.82) is 0 Å². The summed E-state index contributed by atoms with van der Waals surface area (Å²) in [6.45, 7) is 12.9. The van der Waals surface area contributed by atoms with Crippen molar-refractivity contribution in [3.05, 3.63) is 29.3 Å². The first-order chi connectivity index (χ1) is 9.53. The molecular formula is C18H26ClNO. The van der Waals surface area contributed by atoms with Gasteiger partial charge in [-0.3, -0.25) is 4.79 Å². The molecular weight excluding hydrogens is 282 g/mol. The maximum atomic E-state index is 12.0. The summed E-state index contributed by atoms with van der Waals surface area (Å²) in [5, 5.41) is 2.92. The number of halogens is 1. The molecule has 2 nitrogen and oxygen atoms in total. The van der Waals surface area contributed by atoms with E-state index in [1.807, 2.05) is 26.0 Å². The highest BCUT2D eigenvalue weighted by Gasteiger charge is 2.38. The lowest BCUT2D eigenvalue weighted by Gasteiger charge is -2.29. The number of alkyl halides is 1. The van der Waals surface area contributed by atoms with Gasteiger partial charge in [-0.15, -0.1) is 11.6 Å². The Kier molecular flexibility index (Phi) is 4.14. The molecule has 2 atom stereocenters. The van der Waals surface area contributed by atoms with Crippen molar-refractivity contribution in [3.63, 3.8) is 0 Å². The van der Waals surface area contributed by atoms with Crippen LogP contribution in [0.15, 0.2) is 18.2 Å². The van der Waals surface area contributed by atoms with Gasteiger partial charge in [0.05, 0.1) is 10.8 Å². The smallest absolute Gasteiger partial charge is 0.234 e. The highest BCUT2D eigenvalue weighted by Crippen LogP contribution is 2.41. The lowest BCUT2D eigenvalue weighted by atomic mass is 9.78. The molecule has 2 rings (SSSR count). The van der Waals surface area contributed by atoms with Crippen LogP contribution in [0.5, 0.6) is 0 Å². The van der Waals surface area contributed by atoms with Gasteiger partial charge in [0.1, 0.15) is 0 Å². The summed E-state index contributed by atoms with van der Waals surface area (Å²) in [7, 11) is 0. The van der Waals surface area contributed by atoms with Gasteiger partial charge in [0.25, 0.3) is 0 Å². The summed E-state index contributed by atoms with van der Waals surface area (Å²) >= 11 is 6.63. The van der Waals surface area contributed by atoms with E-state index in [1.165, 1.54) is 0 Å². The lowest BCUT2D eigenvalue weighted by molar-refractivity contribution is -0.119. The third kappa shape index (κ3) is 3.11. The summed E-state index contributed by atoms with van der Waals surface area (Å²) in [5.41, 5.74) is 2.86. The molecule has 1 aliphatic heterocycles. The van der Waals surface area contributed by atoms with E-state index in [2.05, 4.69) is 39.1 Å². The molecule has 0 aromatic heterocycles. The number of fused-ring (bicyclic) bond motifs is 1. The Bertz CT molecular complexity index is 557. The molecule has 3 heteroatoms. The van der Waals surface area contributed by atoms with E-state index in [9.17, 15) is 4.79 Å². The van der Waals surface area contributed by atoms with Gasteiger partial charge in [-0.1, -0.05) is 39.8 Å². The number of hydrogen-bond donors (Lipinski definition) is 1. The SMILES string of the molecule is CC(CC(Cl)c1ccc2c(c1)C(C)(C)C(=O)N2)C(C)(C)C. The summed E-state index contributed by atoms with van der Waals surface area (Å²) in [6.07, 6.45) is 0.936. The van der Waals surface area contributed by atoms with Crippen molar-refractivity contribution in [2.45, 2.75) is 58.8 Å². The Labute approximate surface area is 133 Å². The maximum absolute atomic E-state index is 12.0. The average Bonchev–Trinajstić information content (AvgIpc) is 2.59. The van der Waals surface area contributed by atoms with Gasteiger partial charge in [0.15, 0.2) is 0 Å². The fourth-order valence-electron chi connectivity index (χ4n) is 2.58. The Morgan fingerprint density at radius 2 is 1.90 bits per heavy atom. The van der Waals surface area contributed by atoms with Gasteiger partial charge in [-0.05, 0) is 48.8 Å². The summed E-state index contributed by atoms with van der Waals surface area (Å²) in [5.74, 6) is 0.588. The van der Waals surface area contributed by atoms with Crippen molar-refractivity contribution in [3.8, 4) is 0 Å². The second kappa shape index (κ2) is 5.31. The number of amides is 1. The fraction of sp³-hybridized carbons (Fsp3) is 0.611. The molecule has 0 fully saturated rings. The fourth-order valence-corrected chi connectivity index (χ4v) is 2.99. The predicted molar refractivity (Wildman–Crippen MR) is 89.9 cm³/mol. The van der Waals surface area contributed by atoms with Crippen LogP contribution in [0.3, 0.4) is 0 Å². The minimum Gasteiger partial charge on any atom is -0.325 e. The number of nitrogens with one attached hydrogen (secondary N) is 1. The van der Waals surface area contributed by atoms with Gasteiger partial charge >= 0.3 is 0 Å². The van der Waals surface area contributed by atoms with E-state index < -0.39 is 5.41 Å². The molecule has 1 aliphatic rings. The van der Waals surface area contributed by atoms with E-state index >= 15 is 0 Å². The van der Waals surface area contributed by atoms with E-state index in [0.717, 1.165) is 23.2 Å². The molecule has 1 aromatic carbocycles. The molecule has 0 aliphatic carbocycles. The zero-order valence-corrected chi connectivity index (χ0v) is 14.6. The molecule has 116 valence electrons. The van der Waals surface area contributed by atoms with Crippen molar-refractivity contribution >= 4 is 23.2 Å². The predicted octanol–water partition coefficient (Wildman–Crippen LogP) is 5.27. The topological polar surface area (TPSA) is 29.1 Å². The summed E-state index contributed by atoms with van der Waals surface area (Å²) in [6, 6.07) is 6.11. The molecule has 1 aromatic rings. The normalized spacial score (nSPS) is 19.9. The van der Waals surface area contributed by atoms with Crippen LogP contribution in [0, 0.1) is 11.3 Å². The summed E-state index contributed by atoms with van der Waals surface area (Å²) < 4.78 is 0. The van der Waals surface area contributed by atoms with Crippen LogP contribution < -0.4 is 5.32 Å². The van der Waals surface area contributed by atoms with Crippen molar-refractivity contribution in [2.75, 3.05) is 5.32 Å². The molecule has 1 amide bonds. The highest BCUT2D eigenvalue weighted by atomic mass is 35.5. The molecule has 21 heavy (non-hydrogen) atoms. The molecule has 0 spiro atoms. The van der Waals surface area contributed by atoms with Crippen LogP contribution in [-0.2, 0) is 10.2 Å². The molecule has 0 saturated heterocycles. The molecule has 0 radical (unpaired) electrons. The van der Waals surface area contributed by atoms with Gasteiger partial charge in [0, 0.05) is 5.69 Å². The van der Waals surface area contributed by atoms with Crippen LogP contribution >= 0.6 is 11.6 Å². The number of anilines is 1. The highest BCUT2D eigenvalue weighted by molar-refractivity contribution is 6.21. The van der Waals surface area contributed by atoms with Crippen molar-refractivity contribution in [1.82, 2.24) is 0 Å². The summed E-state index contributed by atoms with van der Waals surface area (Å²) in [4.78, 5) is 12.0. The molecule has 0 saturated carbocycles. The minimum atomic E-state index is -0.475. The Hall–Kier alpha value is -1.02. The number of rotatable bonds is 3. The van der Waals surface area contributed by atoms with E-state index in [4.69, 9.17) is 11.6 Å². The Morgan fingerprint density at radius 1 is 1.29 bits per heavy atom. The maximum Gasteiger partial charge on any atom is 0.234 e. The second-order valence-electron chi connectivity index (χ2n) is 7.85. The Morgan fingerprint density at radius 3 is 2.48 bits per heavy atom. The Balaban J connectivity index is 2.24. The van der Waals surface area contributed by atoms with Crippen LogP contribution in [0.25, 0.3) is 0 Å². The van der Waals surface area contributed by atoms with Gasteiger partial charge in [-0.25, -0.2) is 0 Å². The zero-order chi connectivity index (χ0) is 16.0. The molecule has 0 bridgehead atoms. The molecule has 2 unspecified atom stereocenters. The second-order valence-corrected chi connectivity index (χ2v) is 8.38. The number of carbonyl (C=O) groups is 1. The largest absolute Gasteiger partial charge is 0.325 e. The first kappa shape index (κ1) is 16.4. The number of benzene rings is 1. The first-order valence-corrected chi connectivity index (χ1v) is 8.07. The van der Waals surface area contributed by atoms with Gasteiger partial charge in [0.2, 0.25) is 5.91 Å². The van der Waals surface area contributed by atoms with Gasteiger partial charge in [-0.2, -0.15) is 0 Å². The van der Waals surface area contributed by atoms with Crippen LogP contribution in [0.2, 0.25) is 0 Å². The quantitative estimate of drug-likeness (QED) is 0.757. The standard InChI is InChI=1S/C18H26ClNO/c1-11(17(2,3)4)9-14(19)12-7-8-15-13(10-12)18(5,6)16(21)20-15/h7-8,10-11,14H,9H2,1-6H3,(H,20,21).